The average Bonchev–Trinajstić information content (AvgIpc) is 3.00. The molecule has 4 heteroatoms. The van der Waals surface area contributed by atoms with Gasteiger partial charge in [-0.05, 0) is 26.0 Å². The smallest absolute Gasteiger partial charge is 0.196 e. The van der Waals surface area contributed by atoms with E-state index in [1.54, 1.807) is 11.8 Å². The Hall–Kier alpha value is -2.33. The summed E-state index contributed by atoms with van der Waals surface area (Å²) in [5, 5.41) is 9.75. The van der Waals surface area contributed by atoms with Crippen LogP contribution >= 0.6 is 11.8 Å². The number of aromatic nitrogens is 3. The Morgan fingerprint density at radius 3 is 2.26 bits per heavy atom. The maximum atomic E-state index is 4.43. The third-order valence-electron chi connectivity index (χ3n) is 3.38. The molecule has 3 rings (SSSR count). The lowest BCUT2D eigenvalue weighted by Gasteiger charge is -2.09. The summed E-state index contributed by atoms with van der Waals surface area (Å²) in [4.78, 5) is 0. The SMILES string of the molecule is CC(C)=CCSc1nnc(-c2ccccc2)n1-c1ccccc1. The molecule has 0 unspecified atom stereocenters. The third kappa shape index (κ3) is 3.71. The number of thioether (sulfide) groups is 1. The van der Waals surface area contributed by atoms with E-state index in [0.29, 0.717) is 0 Å². The molecule has 0 aliphatic rings. The van der Waals surface area contributed by atoms with Gasteiger partial charge in [-0.2, -0.15) is 0 Å². The molecule has 0 bridgehead atoms. The fourth-order valence-electron chi connectivity index (χ4n) is 2.23. The highest BCUT2D eigenvalue weighted by atomic mass is 32.2. The van der Waals surface area contributed by atoms with E-state index in [0.717, 1.165) is 28.0 Å². The molecule has 0 N–H and O–H groups in total. The molecule has 3 nitrogen and oxygen atoms in total. The van der Waals surface area contributed by atoms with Crippen LogP contribution in [0.5, 0.6) is 0 Å². The first kappa shape index (κ1) is 15.6. The summed E-state index contributed by atoms with van der Waals surface area (Å²) in [6.07, 6.45) is 2.21. The van der Waals surface area contributed by atoms with Crippen LogP contribution in [0.2, 0.25) is 0 Å². The van der Waals surface area contributed by atoms with Crippen LogP contribution in [0.1, 0.15) is 13.8 Å². The van der Waals surface area contributed by atoms with Crippen LogP contribution in [0.3, 0.4) is 0 Å². The largest absolute Gasteiger partial charge is 0.270 e. The predicted molar refractivity (Wildman–Crippen MR) is 97.0 cm³/mol. The zero-order valence-corrected chi connectivity index (χ0v) is 14.1. The van der Waals surface area contributed by atoms with E-state index < -0.39 is 0 Å². The molecule has 0 atom stereocenters. The van der Waals surface area contributed by atoms with Gasteiger partial charge in [0, 0.05) is 17.0 Å². The van der Waals surface area contributed by atoms with Gasteiger partial charge in [0.25, 0.3) is 0 Å². The second-order valence-electron chi connectivity index (χ2n) is 5.44. The summed E-state index contributed by atoms with van der Waals surface area (Å²) in [5.74, 6) is 1.76. The first-order valence-corrected chi connectivity index (χ1v) is 8.56. The molecule has 0 radical (unpaired) electrons. The van der Waals surface area contributed by atoms with Crippen molar-refractivity contribution in [2.45, 2.75) is 19.0 Å². The molecular weight excluding hydrogens is 302 g/mol. The summed E-state index contributed by atoms with van der Waals surface area (Å²) < 4.78 is 2.12. The highest BCUT2D eigenvalue weighted by Crippen LogP contribution is 2.27. The van der Waals surface area contributed by atoms with Crippen molar-refractivity contribution in [3.05, 3.63) is 72.3 Å². The van der Waals surface area contributed by atoms with E-state index >= 15 is 0 Å². The molecular formula is C19H19N3S. The number of hydrogen-bond acceptors (Lipinski definition) is 3. The van der Waals surface area contributed by atoms with E-state index in [1.165, 1.54) is 5.57 Å². The van der Waals surface area contributed by atoms with Gasteiger partial charge in [-0.25, -0.2) is 0 Å². The maximum absolute atomic E-state index is 4.43. The number of benzene rings is 2. The van der Waals surface area contributed by atoms with Gasteiger partial charge < -0.3 is 0 Å². The lowest BCUT2D eigenvalue weighted by atomic mass is 10.2. The molecule has 3 aromatic rings. The fourth-order valence-corrected chi connectivity index (χ4v) is 3.22. The van der Waals surface area contributed by atoms with Crippen molar-refractivity contribution in [1.29, 1.82) is 0 Å². The van der Waals surface area contributed by atoms with Crippen molar-refractivity contribution >= 4 is 11.8 Å². The van der Waals surface area contributed by atoms with Crippen molar-refractivity contribution in [2.75, 3.05) is 5.75 Å². The van der Waals surface area contributed by atoms with Gasteiger partial charge in [-0.1, -0.05) is 71.9 Å². The summed E-state index contributed by atoms with van der Waals surface area (Å²) in [6, 6.07) is 20.4. The van der Waals surface area contributed by atoms with Crippen LogP contribution in [-0.2, 0) is 0 Å². The number of hydrogen-bond donors (Lipinski definition) is 0. The number of rotatable bonds is 5. The predicted octanol–water partition coefficient (Wildman–Crippen LogP) is 4.99. The lowest BCUT2D eigenvalue weighted by molar-refractivity contribution is 0.887. The molecule has 0 spiro atoms. The number of allylic oxidation sites excluding steroid dienone is 1. The van der Waals surface area contributed by atoms with Crippen LogP contribution in [0.25, 0.3) is 17.1 Å². The van der Waals surface area contributed by atoms with Gasteiger partial charge in [-0.15, -0.1) is 10.2 Å². The molecule has 23 heavy (non-hydrogen) atoms. The van der Waals surface area contributed by atoms with Gasteiger partial charge in [0.1, 0.15) is 0 Å². The fraction of sp³-hybridized carbons (Fsp3) is 0.158. The highest BCUT2D eigenvalue weighted by molar-refractivity contribution is 7.99. The van der Waals surface area contributed by atoms with Crippen LogP contribution in [0.4, 0.5) is 0 Å². The molecule has 0 saturated heterocycles. The molecule has 0 aliphatic heterocycles. The van der Waals surface area contributed by atoms with Crippen molar-refractivity contribution in [1.82, 2.24) is 14.8 Å². The van der Waals surface area contributed by atoms with E-state index in [1.807, 2.05) is 36.4 Å². The van der Waals surface area contributed by atoms with Crippen LogP contribution in [0, 0.1) is 0 Å². The number of para-hydroxylation sites is 1. The molecule has 0 aliphatic carbocycles. The van der Waals surface area contributed by atoms with Gasteiger partial charge in [0.15, 0.2) is 11.0 Å². The summed E-state index contributed by atoms with van der Waals surface area (Å²) >= 11 is 1.70. The van der Waals surface area contributed by atoms with Crippen molar-refractivity contribution < 1.29 is 0 Å². The highest BCUT2D eigenvalue weighted by Gasteiger charge is 2.15. The summed E-state index contributed by atoms with van der Waals surface area (Å²) in [6.45, 7) is 4.22. The number of nitrogens with zero attached hydrogens (tertiary/aromatic N) is 3. The van der Waals surface area contributed by atoms with Crippen molar-refractivity contribution in [2.24, 2.45) is 0 Å². The molecule has 116 valence electrons. The van der Waals surface area contributed by atoms with Gasteiger partial charge in [0.05, 0.1) is 0 Å². The quantitative estimate of drug-likeness (QED) is 0.490. The molecule has 0 fully saturated rings. The second kappa shape index (κ2) is 7.29. The average molecular weight is 321 g/mol. The Morgan fingerprint density at radius 1 is 0.957 bits per heavy atom. The Kier molecular flexibility index (Phi) is 4.93. The second-order valence-corrected chi connectivity index (χ2v) is 6.42. The Labute approximate surface area is 141 Å². The van der Waals surface area contributed by atoms with Gasteiger partial charge in [-0.3, -0.25) is 4.57 Å². The minimum atomic E-state index is 0.872. The zero-order chi connectivity index (χ0) is 16.1. The molecule has 1 heterocycles. The van der Waals surface area contributed by atoms with Gasteiger partial charge in [0.2, 0.25) is 0 Å². The molecule has 2 aromatic carbocycles. The summed E-state index contributed by atoms with van der Waals surface area (Å²) in [5.41, 5.74) is 3.46. The van der Waals surface area contributed by atoms with Gasteiger partial charge >= 0.3 is 0 Å². The van der Waals surface area contributed by atoms with E-state index in [9.17, 15) is 0 Å². The van der Waals surface area contributed by atoms with E-state index in [2.05, 4.69) is 59.0 Å². The monoisotopic (exact) mass is 321 g/mol. The topological polar surface area (TPSA) is 30.7 Å². The Bertz CT molecular complexity index is 788. The van der Waals surface area contributed by atoms with Crippen molar-refractivity contribution in [3.63, 3.8) is 0 Å². The van der Waals surface area contributed by atoms with Crippen molar-refractivity contribution in [3.8, 4) is 17.1 Å². The maximum Gasteiger partial charge on any atom is 0.196 e. The molecule has 0 saturated carbocycles. The molecule has 1 aromatic heterocycles. The normalized spacial score (nSPS) is 10.5. The van der Waals surface area contributed by atoms with E-state index in [4.69, 9.17) is 0 Å². The molecule has 0 amide bonds. The standard InChI is InChI=1S/C19H19N3S/c1-15(2)13-14-23-19-21-20-18(16-9-5-3-6-10-16)22(19)17-11-7-4-8-12-17/h3-13H,14H2,1-2H3. The lowest BCUT2D eigenvalue weighted by Crippen LogP contribution is -1.99. The third-order valence-corrected chi connectivity index (χ3v) is 4.24. The van der Waals surface area contributed by atoms with E-state index in [-0.39, 0.29) is 0 Å². The Morgan fingerprint density at radius 2 is 1.61 bits per heavy atom. The van der Waals surface area contributed by atoms with Crippen LogP contribution in [-0.4, -0.2) is 20.5 Å². The zero-order valence-electron chi connectivity index (χ0n) is 13.3. The Balaban J connectivity index is 2.04. The summed E-state index contributed by atoms with van der Waals surface area (Å²) in [7, 11) is 0. The minimum absolute atomic E-state index is 0.872. The first-order valence-electron chi connectivity index (χ1n) is 7.58. The minimum Gasteiger partial charge on any atom is -0.270 e. The van der Waals surface area contributed by atoms with Crippen LogP contribution < -0.4 is 0 Å². The first-order chi connectivity index (χ1) is 11.3. The van der Waals surface area contributed by atoms with Crippen LogP contribution in [0.15, 0.2) is 77.5 Å².